The molecular weight excluding hydrogens is 478 g/mol. The van der Waals surface area contributed by atoms with Crippen molar-refractivity contribution in [2.45, 2.75) is 52.7 Å². The average Bonchev–Trinajstić information content (AvgIpc) is 3.25. The van der Waals surface area contributed by atoms with Gasteiger partial charge in [0.05, 0.1) is 29.7 Å². The van der Waals surface area contributed by atoms with Crippen LogP contribution in [0.15, 0.2) is 54.6 Å². The molecule has 1 saturated heterocycles. The Morgan fingerprint density at radius 2 is 1.82 bits per heavy atom. The molecule has 1 fully saturated rings. The fourth-order valence-corrected chi connectivity index (χ4v) is 5.20. The number of carbonyl (C=O) groups excluding carboxylic acids is 1. The molecule has 8 heteroatoms. The van der Waals surface area contributed by atoms with E-state index in [4.69, 9.17) is 9.72 Å². The molecule has 0 atom stereocenters. The van der Waals surface area contributed by atoms with Gasteiger partial charge >= 0.3 is 5.97 Å². The monoisotopic (exact) mass is 513 g/mol. The lowest BCUT2D eigenvalue weighted by atomic mass is 10.0. The molecule has 2 N–H and O–H groups in total. The number of nitrogens with zero attached hydrogens (tertiary/aromatic N) is 4. The predicted molar refractivity (Wildman–Crippen MR) is 149 cm³/mol. The predicted octanol–water partition coefficient (Wildman–Crippen LogP) is 5.06. The summed E-state index contributed by atoms with van der Waals surface area (Å²) in [5, 5.41) is 14.2. The van der Waals surface area contributed by atoms with Crippen molar-refractivity contribution in [2.75, 3.05) is 25.0 Å². The summed E-state index contributed by atoms with van der Waals surface area (Å²) < 4.78 is 7.30. The summed E-state index contributed by atoms with van der Waals surface area (Å²) in [6, 6.07) is 17.9. The van der Waals surface area contributed by atoms with Crippen LogP contribution in [0.1, 0.15) is 52.6 Å². The Morgan fingerprint density at radius 3 is 2.55 bits per heavy atom. The zero-order valence-corrected chi connectivity index (χ0v) is 22.3. The van der Waals surface area contributed by atoms with Crippen LogP contribution in [-0.2, 0) is 17.8 Å². The molecule has 1 aliphatic rings. The first-order valence-corrected chi connectivity index (χ1v) is 13.3. The van der Waals surface area contributed by atoms with Crippen LogP contribution < -0.4 is 5.32 Å². The number of anilines is 1. The Bertz CT molecular complexity index is 1430. The van der Waals surface area contributed by atoms with Crippen molar-refractivity contribution in [1.82, 2.24) is 19.4 Å². The highest BCUT2D eigenvalue weighted by atomic mass is 16.5. The molecule has 3 heterocycles. The van der Waals surface area contributed by atoms with E-state index in [-0.39, 0.29) is 17.8 Å². The second kappa shape index (κ2) is 11.2. The van der Waals surface area contributed by atoms with Gasteiger partial charge in [0, 0.05) is 31.4 Å². The first-order chi connectivity index (χ1) is 18.4. The summed E-state index contributed by atoms with van der Waals surface area (Å²) in [5.41, 5.74) is 5.77. The number of ether oxygens (including phenoxy) is 1. The van der Waals surface area contributed by atoms with Crippen LogP contribution in [0, 0.1) is 13.8 Å². The molecule has 5 rings (SSSR count). The maximum atomic E-state index is 12.5. The van der Waals surface area contributed by atoms with Crippen LogP contribution in [0.25, 0.3) is 11.0 Å². The van der Waals surface area contributed by atoms with Gasteiger partial charge in [-0.25, -0.2) is 9.78 Å². The van der Waals surface area contributed by atoms with Gasteiger partial charge in [0.25, 0.3) is 0 Å². The number of aryl methyl sites for hydroxylation is 2. The van der Waals surface area contributed by atoms with Crippen molar-refractivity contribution >= 4 is 23.0 Å². The molecule has 0 radical (unpaired) electrons. The summed E-state index contributed by atoms with van der Waals surface area (Å²) in [6.07, 6.45) is 1.99. The number of nitrogens with one attached hydrogen (secondary N) is 1. The number of hydrogen-bond acceptors (Lipinski definition) is 7. The summed E-state index contributed by atoms with van der Waals surface area (Å²) in [5.74, 6) is 0.511. The van der Waals surface area contributed by atoms with Crippen LogP contribution in [0.5, 0.6) is 5.75 Å². The highest BCUT2D eigenvalue weighted by molar-refractivity contribution is 5.95. The Balaban J connectivity index is 1.42. The fourth-order valence-electron chi connectivity index (χ4n) is 5.20. The first-order valence-electron chi connectivity index (χ1n) is 13.3. The highest BCUT2D eigenvalue weighted by Crippen LogP contribution is 2.29. The maximum Gasteiger partial charge on any atom is 0.338 e. The summed E-state index contributed by atoms with van der Waals surface area (Å²) in [7, 11) is 0. The highest BCUT2D eigenvalue weighted by Gasteiger charge is 2.23. The average molecular weight is 514 g/mol. The minimum Gasteiger partial charge on any atom is -0.506 e. The van der Waals surface area contributed by atoms with Gasteiger partial charge in [-0.05, 0) is 69.0 Å². The molecule has 0 spiro atoms. The minimum absolute atomic E-state index is 0.151. The Kier molecular flexibility index (Phi) is 7.60. The van der Waals surface area contributed by atoms with Crippen molar-refractivity contribution in [2.24, 2.45) is 0 Å². The minimum atomic E-state index is -0.356. The van der Waals surface area contributed by atoms with Gasteiger partial charge in [0.2, 0.25) is 5.95 Å². The lowest BCUT2D eigenvalue weighted by molar-refractivity contribution is 0.0526. The van der Waals surface area contributed by atoms with Crippen molar-refractivity contribution in [3.8, 4) is 5.75 Å². The standard InChI is InChI=1S/C30H35N5O3/c1-4-38-29(37)23-16-20(2)28-25(17-23)33-30(35(28)19-26-27(36)11-10-21(3)31-26)32-24-12-14-34(15-13-24)18-22-8-6-5-7-9-22/h5-11,16-17,24,36H,4,12-15,18-19H2,1-3H3,(H,32,33). The van der Waals surface area contributed by atoms with E-state index in [0.29, 0.717) is 35.9 Å². The van der Waals surface area contributed by atoms with Crippen LogP contribution in [-0.4, -0.2) is 56.2 Å². The Morgan fingerprint density at radius 1 is 1.05 bits per heavy atom. The second-order valence-electron chi connectivity index (χ2n) is 10.0. The van der Waals surface area contributed by atoms with Crippen LogP contribution >= 0.6 is 0 Å². The van der Waals surface area contributed by atoms with Gasteiger partial charge in [-0.15, -0.1) is 0 Å². The van der Waals surface area contributed by atoms with E-state index < -0.39 is 0 Å². The number of carbonyl (C=O) groups is 1. The number of fused-ring (bicyclic) bond motifs is 1. The van der Waals surface area contributed by atoms with Gasteiger partial charge in [-0.3, -0.25) is 9.88 Å². The van der Waals surface area contributed by atoms with Crippen molar-refractivity contribution in [3.05, 3.63) is 82.7 Å². The number of piperidine rings is 1. The number of rotatable bonds is 8. The van der Waals surface area contributed by atoms with E-state index in [1.807, 2.05) is 19.9 Å². The van der Waals surface area contributed by atoms with E-state index in [9.17, 15) is 9.90 Å². The van der Waals surface area contributed by atoms with Crippen LogP contribution in [0.3, 0.4) is 0 Å². The summed E-state index contributed by atoms with van der Waals surface area (Å²) >= 11 is 0. The third-order valence-corrected chi connectivity index (χ3v) is 7.11. The molecular formula is C30H35N5O3. The topological polar surface area (TPSA) is 92.5 Å². The molecule has 1 aliphatic heterocycles. The van der Waals surface area contributed by atoms with Crippen LogP contribution in [0.4, 0.5) is 5.95 Å². The Hall–Kier alpha value is -3.91. The summed E-state index contributed by atoms with van der Waals surface area (Å²) in [6.45, 7) is 9.31. The zero-order valence-electron chi connectivity index (χ0n) is 22.3. The number of hydrogen-bond donors (Lipinski definition) is 2. The smallest absolute Gasteiger partial charge is 0.338 e. The molecule has 8 nitrogen and oxygen atoms in total. The normalized spacial score (nSPS) is 14.6. The first kappa shape index (κ1) is 25.7. The lowest BCUT2D eigenvalue weighted by Crippen LogP contribution is -2.39. The number of aromatic nitrogens is 3. The van der Waals surface area contributed by atoms with Crippen molar-refractivity contribution in [3.63, 3.8) is 0 Å². The molecule has 0 aliphatic carbocycles. The van der Waals surface area contributed by atoms with E-state index in [2.05, 4.69) is 50.1 Å². The molecule has 4 aromatic rings. The quantitative estimate of drug-likeness (QED) is 0.318. The van der Waals surface area contributed by atoms with E-state index in [0.717, 1.165) is 49.2 Å². The van der Waals surface area contributed by atoms with E-state index in [1.165, 1.54) is 5.56 Å². The molecule has 198 valence electrons. The maximum absolute atomic E-state index is 12.5. The fraction of sp³-hybridized carbons (Fsp3) is 0.367. The van der Waals surface area contributed by atoms with Crippen molar-refractivity contribution < 1.29 is 14.6 Å². The third kappa shape index (κ3) is 5.65. The molecule has 0 bridgehead atoms. The lowest BCUT2D eigenvalue weighted by Gasteiger charge is -2.32. The van der Waals surface area contributed by atoms with Gasteiger partial charge in [-0.2, -0.15) is 0 Å². The number of likely N-dealkylation sites (tertiary alicyclic amines) is 1. The number of aromatic hydroxyl groups is 1. The van der Waals surface area contributed by atoms with Crippen molar-refractivity contribution in [1.29, 1.82) is 0 Å². The number of benzene rings is 2. The Labute approximate surface area is 223 Å². The molecule has 0 unspecified atom stereocenters. The molecule has 0 amide bonds. The largest absolute Gasteiger partial charge is 0.506 e. The van der Waals surface area contributed by atoms with Gasteiger partial charge in [-0.1, -0.05) is 30.3 Å². The van der Waals surface area contributed by atoms with E-state index >= 15 is 0 Å². The molecule has 0 saturated carbocycles. The summed E-state index contributed by atoms with van der Waals surface area (Å²) in [4.78, 5) is 24.5. The SMILES string of the molecule is CCOC(=O)c1cc(C)c2c(c1)nc(NC1CCN(Cc3ccccc3)CC1)n2Cc1nc(C)ccc1O. The third-order valence-electron chi connectivity index (χ3n) is 7.11. The number of imidazole rings is 1. The van der Waals surface area contributed by atoms with Gasteiger partial charge in [0.1, 0.15) is 11.4 Å². The zero-order chi connectivity index (χ0) is 26.6. The van der Waals surface area contributed by atoms with Gasteiger partial charge < -0.3 is 19.7 Å². The molecule has 2 aromatic heterocycles. The van der Waals surface area contributed by atoms with E-state index in [1.54, 1.807) is 25.1 Å². The molecule has 2 aromatic carbocycles. The van der Waals surface area contributed by atoms with Crippen LogP contribution in [0.2, 0.25) is 0 Å². The number of pyridine rings is 1. The van der Waals surface area contributed by atoms with Gasteiger partial charge in [0.15, 0.2) is 0 Å². The molecule has 38 heavy (non-hydrogen) atoms. The number of esters is 1. The second-order valence-corrected chi connectivity index (χ2v) is 10.0.